The van der Waals surface area contributed by atoms with E-state index in [1.165, 1.54) is 5.57 Å². The second kappa shape index (κ2) is 9.19. The van der Waals surface area contributed by atoms with Crippen LogP contribution in [0.4, 0.5) is 0 Å². The maximum atomic E-state index is 12.6. The minimum absolute atomic E-state index is 0.0802. The van der Waals surface area contributed by atoms with Gasteiger partial charge in [0, 0.05) is 12.8 Å². The summed E-state index contributed by atoms with van der Waals surface area (Å²) in [6.45, 7) is 10.1. The van der Waals surface area contributed by atoms with E-state index in [-0.39, 0.29) is 34.9 Å². The van der Waals surface area contributed by atoms with E-state index in [0.717, 1.165) is 25.7 Å². The summed E-state index contributed by atoms with van der Waals surface area (Å²) in [7, 11) is -4.51. The molecule has 4 rings (SSSR count). The molecule has 0 aromatic heterocycles. The first kappa shape index (κ1) is 27.2. The van der Waals surface area contributed by atoms with Crippen molar-refractivity contribution in [2.75, 3.05) is 0 Å². The van der Waals surface area contributed by atoms with Gasteiger partial charge in [0.1, 0.15) is 5.78 Å². The molecule has 0 aromatic rings. The molecule has 0 heterocycles. The summed E-state index contributed by atoms with van der Waals surface area (Å²) in [4.78, 5) is 12.6. The number of ketones is 1. The minimum atomic E-state index is -4.51. The molecule has 0 aromatic carbocycles. The standard InChI is InChI=1S/C27H44O7S/c1-16(12-17(28)15-25(2,3)30)20-6-7-21-19-14-24(29)23-13-18(34-35(31,32)33)8-10-27(23,5)22(19)9-11-26(20,21)4/h9,16,18-21,23-24,29-30H,6-8,10-15H2,1-5H3,(H,31,32,33)/t16-,18+,19+,20-,21+,23-,24+,26-,27-/m1/s1. The number of hydrogen-bond acceptors (Lipinski definition) is 6. The van der Waals surface area contributed by atoms with Crippen molar-refractivity contribution >= 4 is 16.2 Å². The number of aliphatic hydroxyl groups is 2. The minimum Gasteiger partial charge on any atom is -0.393 e. The van der Waals surface area contributed by atoms with E-state index in [0.29, 0.717) is 43.4 Å². The molecule has 0 radical (unpaired) electrons. The number of Topliss-reactive ketones (excluding diaryl/α,β-unsaturated/α-hetero) is 1. The number of allylic oxidation sites excluding steroid dienone is 2. The van der Waals surface area contributed by atoms with Crippen molar-refractivity contribution in [2.45, 2.75) is 110 Å². The molecule has 0 saturated heterocycles. The zero-order valence-electron chi connectivity index (χ0n) is 21.9. The lowest BCUT2D eigenvalue weighted by molar-refractivity contribution is -0.124. The third-order valence-electron chi connectivity index (χ3n) is 10.2. The highest BCUT2D eigenvalue weighted by Gasteiger charge is 2.60. The first-order valence-electron chi connectivity index (χ1n) is 13.3. The van der Waals surface area contributed by atoms with Crippen LogP contribution in [0.3, 0.4) is 0 Å². The molecule has 3 N–H and O–H groups in total. The van der Waals surface area contributed by atoms with Gasteiger partial charge < -0.3 is 10.2 Å². The summed E-state index contributed by atoms with van der Waals surface area (Å²) >= 11 is 0. The molecule has 0 spiro atoms. The Morgan fingerprint density at radius 1 is 1.20 bits per heavy atom. The highest BCUT2D eigenvalue weighted by atomic mass is 32.3. The normalized spacial score (nSPS) is 42.5. The van der Waals surface area contributed by atoms with Crippen LogP contribution in [0.5, 0.6) is 0 Å². The second-order valence-corrected chi connectivity index (χ2v) is 14.3. The maximum absolute atomic E-state index is 12.6. The number of rotatable bonds is 7. The fourth-order valence-corrected chi connectivity index (χ4v) is 9.34. The SMILES string of the molecule is C[C@H](CC(=O)CC(C)(C)O)[C@H]1CC[C@H]2[C@@H]3C[C@H](O)[C@H]4C[C@@H](OS(=O)(=O)O)CC[C@]4(C)C3=CC[C@]12C. The van der Waals surface area contributed by atoms with Crippen LogP contribution in [0, 0.1) is 40.4 Å². The van der Waals surface area contributed by atoms with Crippen LogP contribution in [0.15, 0.2) is 11.6 Å². The highest BCUT2D eigenvalue weighted by Crippen LogP contribution is 2.66. The fraction of sp³-hybridized carbons (Fsp3) is 0.889. The molecule has 9 atom stereocenters. The van der Waals surface area contributed by atoms with Gasteiger partial charge in [-0.2, -0.15) is 8.42 Å². The van der Waals surface area contributed by atoms with E-state index in [1.807, 2.05) is 0 Å². The van der Waals surface area contributed by atoms with Gasteiger partial charge in [-0.1, -0.05) is 32.4 Å². The lowest BCUT2D eigenvalue weighted by atomic mass is 9.47. The predicted octanol–water partition coefficient (Wildman–Crippen LogP) is 4.48. The van der Waals surface area contributed by atoms with Crippen molar-refractivity contribution in [1.29, 1.82) is 0 Å². The number of carbonyl (C=O) groups excluding carboxylic acids is 1. The largest absolute Gasteiger partial charge is 0.397 e. The Labute approximate surface area is 210 Å². The summed E-state index contributed by atoms with van der Waals surface area (Å²) in [5.41, 5.74) is 0.329. The summed E-state index contributed by atoms with van der Waals surface area (Å²) in [5.74, 6) is 1.46. The fourth-order valence-electron chi connectivity index (χ4n) is 8.82. The highest BCUT2D eigenvalue weighted by molar-refractivity contribution is 7.80. The second-order valence-electron chi connectivity index (χ2n) is 13.2. The molecule has 8 heteroatoms. The van der Waals surface area contributed by atoms with Gasteiger partial charge in [-0.15, -0.1) is 0 Å². The van der Waals surface area contributed by atoms with Crippen molar-refractivity contribution in [3.05, 3.63) is 11.6 Å². The molecule has 4 aliphatic rings. The Morgan fingerprint density at radius 2 is 1.89 bits per heavy atom. The average molecular weight is 513 g/mol. The molecule has 200 valence electrons. The zero-order valence-corrected chi connectivity index (χ0v) is 22.7. The van der Waals surface area contributed by atoms with E-state index in [9.17, 15) is 23.4 Å². The van der Waals surface area contributed by atoms with Gasteiger partial charge in [0.25, 0.3) is 0 Å². The number of hydrogen-bond donors (Lipinski definition) is 3. The van der Waals surface area contributed by atoms with Crippen LogP contribution >= 0.6 is 0 Å². The molecule has 0 aliphatic heterocycles. The first-order valence-corrected chi connectivity index (χ1v) is 14.7. The molecule has 3 saturated carbocycles. The smallest absolute Gasteiger partial charge is 0.393 e. The van der Waals surface area contributed by atoms with Gasteiger partial charge in [0.2, 0.25) is 0 Å². The van der Waals surface area contributed by atoms with E-state index in [4.69, 9.17) is 8.74 Å². The van der Waals surface area contributed by atoms with E-state index in [1.54, 1.807) is 13.8 Å². The average Bonchev–Trinajstić information content (AvgIpc) is 3.04. The van der Waals surface area contributed by atoms with Crippen LogP contribution in [0.1, 0.15) is 92.4 Å². The van der Waals surface area contributed by atoms with Gasteiger partial charge in [-0.05, 0) is 99.2 Å². The zero-order chi connectivity index (χ0) is 26.0. The third kappa shape index (κ3) is 5.28. The van der Waals surface area contributed by atoms with Gasteiger partial charge in [-0.3, -0.25) is 9.35 Å². The topological polar surface area (TPSA) is 121 Å². The van der Waals surface area contributed by atoms with Crippen LogP contribution in [-0.4, -0.2) is 46.8 Å². The quantitative estimate of drug-likeness (QED) is 0.340. The van der Waals surface area contributed by atoms with Crippen molar-refractivity contribution in [1.82, 2.24) is 0 Å². The van der Waals surface area contributed by atoms with Crippen LogP contribution in [-0.2, 0) is 19.4 Å². The molecule has 35 heavy (non-hydrogen) atoms. The predicted molar refractivity (Wildman–Crippen MR) is 133 cm³/mol. The monoisotopic (exact) mass is 512 g/mol. The summed E-state index contributed by atoms with van der Waals surface area (Å²) in [5, 5.41) is 21.3. The van der Waals surface area contributed by atoms with Crippen molar-refractivity contribution in [3.8, 4) is 0 Å². The molecule has 0 amide bonds. The van der Waals surface area contributed by atoms with Gasteiger partial charge in [0.05, 0.1) is 17.8 Å². The van der Waals surface area contributed by atoms with Crippen LogP contribution in [0.25, 0.3) is 0 Å². The lowest BCUT2D eigenvalue weighted by Gasteiger charge is -2.58. The maximum Gasteiger partial charge on any atom is 0.397 e. The Balaban J connectivity index is 1.53. The Morgan fingerprint density at radius 3 is 2.51 bits per heavy atom. The lowest BCUT2D eigenvalue weighted by Crippen LogP contribution is -2.54. The summed E-state index contributed by atoms with van der Waals surface area (Å²) < 4.78 is 36.5. The molecule has 0 bridgehead atoms. The molecule has 7 nitrogen and oxygen atoms in total. The molecular weight excluding hydrogens is 468 g/mol. The Kier molecular flexibility index (Phi) is 7.15. The molecule has 3 fully saturated rings. The summed E-state index contributed by atoms with van der Waals surface area (Å²) in [6, 6.07) is 0. The molecular formula is C27H44O7S. The van der Waals surface area contributed by atoms with Gasteiger partial charge in [0.15, 0.2) is 0 Å². The van der Waals surface area contributed by atoms with Crippen molar-refractivity contribution in [2.24, 2.45) is 40.4 Å². The number of aliphatic hydroxyl groups excluding tert-OH is 1. The van der Waals surface area contributed by atoms with E-state index >= 15 is 0 Å². The van der Waals surface area contributed by atoms with Gasteiger partial charge in [-0.25, -0.2) is 4.18 Å². The van der Waals surface area contributed by atoms with E-state index < -0.39 is 28.2 Å². The van der Waals surface area contributed by atoms with E-state index in [2.05, 4.69) is 26.8 Å². The van der Waals surface area contributed by atoms with Crippen LogP contribution in [0.2, 0.25) is 0 Å². The van der Waals surface area contributed by atoms with Gasteiger partial charge >= 0.3 is 10.4 Å². The third-order valence-corrected chi connectivity index (χ3v) is 10.7. The van der Waals surface area contributed by atoms with Crippen molar-refractivity contribution in [3.63, 3.8) is 0 Å². The Bertz CT molecular complexity index is 967. The van der Waals surface area contributed by atoms with Crippen LogP contribution < -0.4 is 0 Å². The van der Waals surface area contributed by atoms with Crippen molar-refractivity contribution < 1.29 is 32.2 Å². The first-order chi connectivity index (χ1) is 16.0. The molecule has 4 aliphatic carbocycles. The molecule has 0 unspecified atom stereocenters. The summed E-state index contributed by atoms with van der Waals surface area (Å²) in [6.07, 6.45) is 7.45. The number of carbonyl (C=O) groups is 1. The Hall–Kier alpha value is -0.800. The number of fused-ring (bicyclic) bond motifs is 5.